The summed E-state index contributed by atoms with van der Waals surface area (Å²) in [6, 6.07) is 8.08. The highest BCUT2D eigenvalue weighted by Gasteiger charge is 2.38. The number of esters is 1. The van der Waals surface area contributed by atoms with Crippen LogP contribution in [0.3, 0.4) is 0 Å². The number of likely N-dealkylation sites (N-methyl/N-ethyl adjacent to an activating group) is 1. The molecule has 27 heavy (non-hydrogen) atoms. The minimum Gasteiger partial charge on any atom is -0.454 e. The zero-order valence-corrected chi connectivity index (χ0v) is 16.7. The van der Waals surface area contributed by atoms with E-state index in [9.17, 15) is 9.59 Å². The Morgan fingerprint density at radius 1 is 1.30 bits per heavy atom. The molecule has 1 aliphatic heterocycles. The lowest BCUT2D eigenvalue weighted by Crippen LogP contribution is -2.25. The lowest BCUT2D eigenvalue weighted by atomic mass is 9.83. The van der Waals surface area contributed by atoms with Crippen molar-refractivity contribution in [2.75, 3.05) is 18.6 Å². The molecule has 1 aromatic heterocycles. The van der Waals surface area contributed by atoms with Crippen LogP contribution in [0, 0.1) is 6.92 Å². The Balaban J connectivity index is 1.63. The molecule has 0 bridgehead atoms. The van der Waals surface area contributed by atoms with E-state index < -0.39 is 5.97 Å². The van der Waals surface area contributed by atoms with Crippen LogP contribution >= 0.6 is 11.3 Å². The summed E-state index contributed by atoms with van der Waals surface area (Å²) >= 11 is 1.51. The average Bonchev–Trinajstić information content (AvgIpc) is 3.14. The molecule has 0 atom stereocenters. The van der Waals surface area contributed by atoms with Crippen molar-refractivity contribution >= 4 is 34.9 Å². The summed E-state index contributed by atoms with van der Waals surface area (Å²) in [6.07, 6.45) is 4.44. The number of hydrogen-bond acceptors (Lipinski definition) is 6. The average molecular weight is 382 g/mol. The molecule has 0 saturated carbocycles. The molecule has 6 heteroatoms. The van der Waals surface area contributed by atoms with Crippen LogP contribution in [-0.4, -0.2) is 30.4 Å². The number of hydrogen-bond donors (Lipinski definition) is 0. The van der Waals surface area contributed by atoms with E-state index >= 15 is 0 Å². The number of carbonyl (C=O) groups excluding carboxylic acids is 2. The highest BCUT2D eigenvalue weighted by atomic mass is 32.1. The monoisotopic (exact) mass is 382 g/mol. The van der Waals surface area contributed by atoms with Gasteiger partial charge in [-0.2, -0.15) is 0 Å². The number of benzene rings is 1. The fraction of sp³-hybridized carbons (Fsp3) is 0.286. The highest BCUT2D eigenvalue weighted by Crippen LogP contribution is 2.46. The van der Waals surface area contributed by atoms with Crippen molar-refractivity contribution in [3.8, 4) is 0 Å². The number of carbonyl (C=O) groups is 2. The van der Waals surface area contributed by atoms with Crippen molar-refractivity contribution in [2.45, 2.75) is 26.2 Å². The van der Waals surface area contributed by atoms with Crippen molar-refractivity contribution in [1.82, 2.24) is 4.98 Å². The van der Waals surface area contributed by atoms with Crippen LogP contribution in [0.2, 0.25) is 0 Å². The summed E-state index contributed by atoms with van der Waals surface area (Å²) in [4.78, 5) is 30.4. The number of allylic oxidation sites excluding steroid dienone is 1. The van der Waals surface area contributed by atoms with E-state index in [1.165, 1.54) is 23.0 Å². The summed E-state index contributed by atoms with van der Waals surface area (Å²) in [6.45, 7) is 5.77. The molecule has 0 fully saturated rings. The molecule has 0 spiro atoms. The highest BCUT2D eigenvalue weighted by molar-refractivity contribution is 7.09. The van der Waals surface area contributed by atoms with Gasteiger partial charge in [0.2, 0.25) is 0 Å². The first-order valence-corrected chi connectivity index (χ1v) is 9.52. The van der Waals surface area contributed by atoms with Crippen molar-refractivity contribution in [3.05, 3.63) is 63.8 Å². The van der Waals surface area contributed by atoms with Crippen LogP contribution in [0.5, 0.6) is 0 Å². The molecule has 0 radical (unpaired) electrons. The van der Waals surface area contributed by atoms with Crippen molar-refractivity contribution in [2.24, 2.45) is 0 Å². The van der Waals surface area contributed by atoms with Gasteiger partial charge in [-0.25, -0.2) is 9.78 Å². The number of anilines is 1. The number of ether oxygens (including phenoxy) is 1. The summed E-state index contributed by atoms with van der Waals surface area (Å²) < 4.78 is 5.06. The molecular weight excluding hydrogens is 360 g/mol. The molecule has 5 nitrogen and oxygen atoms in total. The van der Waals surface area contributed by atoms with Crippen LogP contribution in [0.25, 0.3) is 6.08 Å². The standard InChI is InChI=1S/C21H22N2O3S/c1-14-22-15(13-27-14)9-10-20(25)26-12-16(24)11-19-21(2,3)17-7-5-6-8-18(17)23(19)4/h5-11,13H,12H2,1-4H3/b10-9+,19-11-. The van der Waals surface area contributed by atoms with Crippen molar-refractivity contribution < 1.29 is 14.3 Å². The van der Waals surface area contributed by atoms with Gasteiger partial charge in [0, 0.05) is 41.4 Å². The van der Waals surface area contributed by atoms with E-state index in [1.54, 1.807) is 12.2 Å². The molecule has 0 aliphatic carbocycles. The molecule has 1 aromatic carbocycles. The third-order valence-electron chi connectivity index (χ3n) is 4.62. The van der Waals surface area contributed by atoms with E-state index in [0.29, 0.717) is 5.69 Å². The van der Waals surface area contributed by atoms with Gasteiger partial charge in [-0.1, -0.05) is 32.0 Å². The fourth-order valence-electron chi connectivity index (χ4n) is 3.25. The first-order chi connectivity index (χ1) is 12.8. The number of ketones is 1. The third-order valence-corrected chi connectivity index (χ3v) is 5.41. The van der Waals surface area contributed by atoms with E-state index in [2.05, 4.69) is 24.9 Å². The largest absolute Gasteiger partial charge is 0.454 e. The first-order valence-electron chi connectivity index (χ1n) is 8.64. The number of para-hydroxylation sites is 1. The quantitative estimate of drug-likeness (QED) is 0.580. The van der Waals surface area contributed by atoms with Crippen molar-refractivity contribution in [1.29, 1.82) is 0 Å². The van der Waals surface area contributed by atoms with Crippen LogP contribution in [0.15, 0.2) is 47.5 Å². The smallest absolute Gasteiger partial charge is 0.331 e. The Bertz CT molecular complexity index is 940. The van der Waals surface area contributed by atoms with E-state index in [-0.39, 0.29) is 17.8 Å². The van der Waals surface area contributed by atoms with Crippen LogP contribution < -0.4 is 4.90 Å². The van der Waals surface area contributed by atoms with Gasteiger partial charge in [-0.15, -0.1) is 11.3 Å². The normalized spacial score (nSPS) is 16.7. The second kappa shape index (κ2) is 7.48. The lowest BCUT2D eigenvalue weighted by molar-refractivity contribution is -0.141. The maximum absolute atomic E-state index is 12.4. The second-order valence-electron chi connectivity index (χ2n) is 6.93. The predicted octanol–water partition coefficient (Wildman–Crippen LogP) is 3.89. The minimum atomic E-state index is -0.560. The van der Waals surface area contributed by atoms with Crippen LogP contribution in [-0.2, 0) is 19.7 Å². The van der Waals surface area contributed by atoms with Gasteiger partial charge in [0.15, 0.2) is 12.4 Å². The summed E-state index contributed by atoms with van der Waals surface area (Å²) in [5.74, 6) is -0.807. The molecule has 140 valence electrons. The van der Waals surface area contributed by atoms with Gasteiger partial charge in [0.25, 0.3) is 0 Å². The molecule has 0 unspecified atom stereocenters. The van der Waals surface area contributed by atoms with E-state index in [1.807, 2.05) is 42.5 Å². The third kappa shape index (κ3) is 4.01. The molecule has 2 heterocycles. The summed E-state index contributed by atoms with van der Waals surface area (Å²) in [5, 5.41) is 2.78. The summed E-state index contributed by atoms with van der Waals surface area (Å²) in [7, 11) is 1.94. The number of thiazole rings is 1. The second-order valence-corrected chi connectivity index (χ2v) is 7.99. The molecule has 2 aromatic rings. The minimum absolute atomic E-state index is 0.246. The molecular formula is C21H22N2O3S. The molecule has 1 aliphatic rings. The van der Waals surface area contributed by atoms with Gasteiger partial charge in [0.1, 0.15) is 0 Å². The molecule has 0 saturated heterocycles. The predicted molar refractivity (Wildman–Crippen MR) is 108 cm³/mol. The van der Waals surface area contributed by atoms with Gasteiger partial charge >= 0.3 is 5.97 Å². The van der Waals surface area contributed by atoms with Gasteiger partial charge in [0.05, 0.1) is 10.7 Å². The Hall–Kier alpha value is -2.73. The Labute approximate surface area is 163 Å². The summed E-state index contributed by atoms with van der Waals surface area (Å²) in [5.41, 5.74) is 3.56. The Morgan fingerprint density at radius 2 is 2.04 bits per heavy atom. The lowest BCUT2D eigenvalue weighted by Gasteiger charge is -2.23. The molecule has 0 N–H and O–H groups in total. The molecule has 0 amide bonds. The van der Waals surface area contributed by atoms with Gasteiger partial charge in [-0.3, -0.25) is 4.79 Å². The fourth-order valence-corrected chi connectivity index (χ4v) is 3.83. The number of fused-ring (bicyclic) bond motifs is 1. The first kappa shape index (κ1) is 19.0. The Morgan fingerprint density at radius 3 is 2.70 bits per heavy atom. The number of aromatic nitrogens is 1. The maximum Gasteiger partial charge on any atom is 0.331 e. The van der Waals surface area contributed by atoms with Gasteiger partial charge < -0.3 is 9.64 Å². The SMILES string of the molecule is Cc1nc(/C=C/C(=O)OCC(=O)/C=C2\N(C)c3ccccc3C2(C)C)cs1. The number of nitrogens with zero attached hydrogens (tertiary/aromatic N) is 2. The Kier molecular flexibility index (Phi) is 5.28. The van der Waals surface area contributed by atoms with Crippen molar-refractivity contribution in [3.63, 3.8) is 0 Å². The number of aryl methyl sites for hydroxylation is 1. The van der Waals surface area contributed by atoms with E-state index in [0.717, 1.165) is 16.4 Å². The van der Waals surface area contributed by atoms with Gasteiger partial charge in [-0.05, 0) is 24.6 Å². The topological polar surface area (TPSA) is 59.5 Å². The number of rotatable bonds is 5. The zero-order chi connectivity index (χ0) is 19.6. The molecule has 3 rings (SSSR count). The van der Waals surface area contributed by atoms with Crippen LogP contribution in [0.1, 0.15) is 30.1 Å². The van der Waals surface area contributed by atoms with E-state index in [4.69, 9.17) is 4.74 Å². The zero-order valence-electron chi connectivity index (χ0n) is 15.9. The maximum atomic E-state index is 12.4. The van der Waals surface area contributed by atoms with Crippen LogP contribution in [0.4, 0.5) is 5.69 Å².